The van der Waals surface area contributed by atoms with Gasteiger partial charge in [0, 0.05) is 6.54 Å². The van der Waals surface area contributed by atoms with Gasteiger partial charge in [-0.05, 0) is 313 Å². The summed E-state index contributed by atoms with van der Waals surface area (Å²) in [5, 5.41) is 312. The third kappa shape index (κ3) is 6.38. The van der Waals surface area contributed by atoms with Crippen molar-refractivity contribution in [3.8, 4) is 0 Å². The van der Waals surface area contributed by atoms with Gasteiger partial charge in [0.05, 0.1) is 39.6 Å². The van der Waals surface area contributed by atoms with Crippen molar-refractivity contribution in [3.63, 3.8) is 0 Å². The molecule has 137 heavy (non-hydrogen) atoms. The van der Waals surface area contributed by atoms with Gasteiger partial charge in [-0.2, -0.15) is 0 Å². The minimum Gasteiger partial charge on any atom is -0.394 e. The van der Waals surface area contributed by atoms with Gasteiger partial charge < -0.3 is 168 Å². The van der Waals surface area contributed by atoms with Crippen LogP contribution in [0, 0.1) is 0 Å². The topological polar surface area (TPSA) is 537 Å². The van der Waals surface area contributed by atoms with E-state index in [1.165, 1.54) is 313 Å². The highest BCUT2D eigenvalue weighted by atomic mass is 16.8. The maximum Gasteiger partial charge on any atom is 0.187 e. The van der Waals surface area contributed by atoms with Gasteiger partial charge in [-0.25, -0.2) is 0 Å². The first kappa shape index (κ1) is 74.1. The molecule has 35 atom stereocenters. The molecule has 22 heterocycles. The number of aliphatic hydroxyl groups excluding tert-OH is 20. The van der Waals surface area contributed by atoms with E-state index in [9.17, 15) is 102 Å². The average Bonchev–Trinajstić information content (AvgIpc) is 1.36. The van der Waals surface area contributed by atoms with Gasteiger partial charge in [-0.15, -0.1) is 0 Å². The number of hydrogen-bond donors (Lipinski definition) is 20. The molecule has 28 aromatic carbocycles. The molecule has 686 valence electrons. The first-order valence-corrected chi connectivity index (χ1v) is 47.6. The van der Waals surface area contributed by atoms with Gasteiger partial charge in [-0.1, -0.05) is 0 Å². The molecule has 35 nitrogen and oxygen atoms in total. The highest BCUT2D eigenvalue weighted by Crippen LogP contribution is 2.91. The molecule has 35 heteroatoms. The number of rotatable bonds is 8. The minimum absolute atomic E-state index is 0.216. The van der Waals surface area contributed by atoms with Crippen LogP contribution in [0.25, 0.3) is 291 Å². The van der Waals surface area contributed by atoms with Crippen molar-refractivity contribution in [2.24, 2.45) is 0 Å². The lowest BCUT2D eigenvalue weighted by Crippen LogP contribution is -2.68. The Bertz CT molecular complexity index is 9050. The quantitative estimate of drug-likeness (QED) is 0.0753. The van der Waals surface area contributed by atoms with Crippen molar-refractivity contribution in [1.82, 2.24) is 4.90 Å². The van der Waals surface area contributed by atoms with Gasteiger partial charge in [0.2, 0.25) is 0 Å². The molecule has 2 spiro atoms. The molecule has 0 amide bonds. The molecule has 28 aromatic rings. The van der Waals surface area contributed by atoms with Crippen LogP contribution in [0.15, 0.2) is 0 Å². The van der Waals surface area contributed by atoms with E-state index in [-0.39, 0.29) is 6.54 Å². The van der Waals surface area contributed by atoms with Crippen LogP contribution in [-0.2, 0) is 77.4 Å². The third-order valence-electron chi connectivity index (χ3n) is 38.9. The Morgan fingerprint density at radius 1 is 0.146 bits per heavy atom. The molecule has 54 rings (SSSR count). The summed E-state index contributed by atoms with van der Waals surface area (Å²) in [5.41, 5.74) is 2.53. The van der Waals surface area contributed by atoms with Crippen LogP contribution in [0.3, 0.4) is 0 Å². The number of ether oxygens (including phenoxy) is 14. The highest BCUT2D eigenvalue weighted by Gasteiger charge is 2.87. The van der Waals surface area contributed by atoms with Gasteiger partial charge in [0.15, 0.2) is 44.0 Å². The molecule has 22 saturated heterocycles. The molecule has 0 unspecified atom stereocenters. The van der Waals surface area contributed by atoms with Crippen molar-refractivity contribution in [1.29, 1.82) is 0 Å². The summed E-state index contributed by atoms with van der Waals surface area (Å²) in [5.74, 6) is 0. The minimum atomic E-state index is -2.26. The Morgan fingerprint density at radius 3 is 0.380 bits per heavy atom. The summed E-state index contributed by atoms with van der Waals surface area (Å²) < 4.78 is 88.3. The summed E-state index contributed by atoms with van der Waals surface area (Å²) >= 11 is 0. The second-order valence-corrected chi connectivity index (χ2v) is 43.3. The summed E-state index contributed by atoms with van der Waals surface area (Å²) in [7, 11) is 0. The van der Waals surface area contributed by atoms with Gasteiger partial charge in [0.25, 0.3) is 0 Å². The SMILES string of the molecule is OC[C@H]1O[C@@H]2O[C@H]3[C@H](O)[C@@H](O)[C@@H](O[C@H]4[C@H](O)[C@@H](O)[C@@H](O[C@H]5[C@H](O)[C@@H](O)[C@@H](O[C@H]6[C@H](O)[C@@H](O)[C@@H](O[C@H]7[C@H](O)[C@@H](O)[C@@H](O[C@H]8[C@H](O)[C@@H](O)[C@@H](O[C@H]1[C@H](O)[C@H]2O)O[C@@H]8CO)O[C@@H]7CO)O[C@@H]6CO)O[C@@H]5CN1C25c6c7c8c9c%10c%11c(c%12c%13c2c2c6c6c%14c7c7c8c8c%10c%10c%15c%11c%11c%12c%12c%13c%13c2c2c6c6c%14c%14c7c7c8c%10c8c%10c%15c%11c%11c%12c%12c%13c2c2c6c6c%14c7c8c7c%10c%11c%12c2c67)C915)O[C@@H]4CO)O[C@@H]3CO. The maximum atomic E-state index is 13.7. The standard InChI is InChI=1S/C102H69NO34/c104-2-9-88-75(112)82(119)96(126-9)134-90-11(4-106)128-98(84(121)77(90)114)136-92-13(6-108)130-100(86(123)79(92)116)137-93-14(7-109)129-99(85(122)78(93)115)135-91-12(5-107)127-97(83(120)76(91)113)133-89-10(3-105)125-95(81(118)74(89)111)131-87-8(124-94(132-88)80(117)73(87)110)1-103-101-69-61-53-43-33-25-17-15-16-19-23-21(17)29-37-31(23)41-35-27(19)28-20(16)24-22-18(15)26(25)34-40-30(22)38-32(24)42-36(28)46-45(35)55-49(41)59-51(37)57(47(53)39(29)33)65(69)67(59)71-63(55)64-56(46)50(42)60-52(38)58-48(40)54(44(34)43)62(61)70(101)66(58)68(60)72(64)102(71,101)103/h8-14,73-100,104-123H,1-7H2/t8-,9-,10-,11-,12-,13-,14-,73-,74-,75-,76-,77-,78-,79-,80-,81-,82-,83-,84-,85-,86-,87-,88-,89-,90-,91-,92-,93-,94-,95-,96-,97-,98-,99-,100-,101?,102?,103?/m1/s1. The molecule has 0 saturated carbocycles. The molecule has 22 fully saturated rings. The van der Waals surface area contributed by atoms with Gasteiger partial charge >= 0.3 is 0 Å². The van der Waals surface area contributed by atoms with Crippen molar-refractivity contribution >= 4 is 291 Å². The normalized spacial score (nSPS) is 42.3. The van der Waals surface area contributed by atoms with Crippen LogP contribution in [0.1, 0.15) is 22.3 Å². The zero-order chi connectivity index (χ0) is 90.1. The number of hydrogen-bond acceptors (Lipinski definition) is 35. The van der Waals surface area contributed by atoms with E-state index in [1.54, 1.807) is 0 Å². The monoisotopic (exact) mass is 1850 g/mol. The molecule has 0 aromatic heterocycles. The molecule has 4 aliphatic carbocycles. The second kappa shape index (κ2) is 21.6. The number of benzene rings is 18. The van der Waals surface area contributed by atoms with Crippen molar-refractivity contribution in [2.45, 2.75) is 226 Å². The van der Waals surface area contributed by atoms with Crippen molar-refractivity contribution < 1.29 is 168 Å². The van der Waals surface area contributed by atoms with E-state index in [1.807, 2.05) is 0 Å². The predicted octanol–water partition coefficient (Wildman–Crippen LogP) is 1.32. The van der Waals surface area contributed by atoms with Gasteiger partial charge in [0.1, 0.15) is 182 Å². The van der Waals surface area contributed by atoms with Crippen LogP contribution in [0.2, 0.25) is 0 Å². The molecular formula is C102H69NO34. The molecule has 20 N–H and O–H groups in total. The Morgan fingerprint density at radius 2 is 0.255 bits per heavy atom. The lowest BCUT2D eigenvalue weighted by molar-refractivity contribution is -0.396. The lowest BCUT2D eigenvalue weighted by Gasteiger charge is -2.50. The van der Waals surface area contributed by atoms with Gasteiger partial charge in [-0.3, -0.25) is 4.90 Å². The van der Waals surface area contributed by atoms with Crippen molar-refractivity contribution in [3.05, 3.63) is 22.3 Å². The fourth-order valence-corrected chi connectivity index (χ4v) is 35.0. The lowest BCUT2D eigenvalue weighted by atomic mass is 9.68. The fraction of sp³-hybridized carbons (Fsp3) is 0.431. The van der Waals surface area contributed by atoms with E-state index >= 15 is 0 Å². The second-order valence-electron chi connectivity index (χ2n) is 43.3. The predicted molar refractivity (Wildman–Crippen MR) is 482 cm³/mol. The maximum absolute atomic E-state index is 13.7. The number of nitrogens with zero attached hydrogens (tertiary/aromatic N) is 1. The van der Waals surface area contributed by atoms with Crippen LogP contribution < -0.4 is 0 Å². The highest BCUT2D eigenvalue weighted by molar-refractivity contribution is 6.82. The van der Waals surface area contributed by atoms with E-state index in [0.717, 1.165) is 0 Å². The Hall–Kier alpha value is -8.94. The van der Waals surface area contributed by atoms with Crippen LogP contribution in [-0.4, -0.2) is 368 Å². The molecular weight excluding hydrogens is 1780 g/mol. The largest absolute Gasteiger partial charge is 0.394 e. The Labute approximate surface area is 754 Å². The molecule has 26 aliphatic rings. The van der Waals surface area contributed by atoms with Crippen LogP contribution >= 0.6 is 0 Å². The Balaban J connectivity index is 0.520. The molecule has 14 bridgehead atoms. The fourth-order valence-electron chi connectivity index (χ4n) is 35.0. The first-order valence-electron chi connectivity index (χ1n) is 47.6. The van der Waals surface area contributed by atoms with Crippen LogP contribution in [0.4, 0.5) is 0 Å². The van der Waals surface area contributed by atoms with E-state index < -0.39 is 266 Å². The average molecular weight is 1850 g/mol. The van der Waals surface area contributed by atoms with E-state index in [2.05, 4.69) is 4.90 Å². The van der Waals surface area contributed by atoms with E-state index in [0.29, 0.717) is 0 Å². The summed E-state index contributed by atoms with van der Waals surface area (Å²) in [6.07, 6.45) is -71.3. The summed E-state index contributed by atoms with van der Waals surface area (Å²) in [6.45, 7) is -6.50. The molecule has 0 radical (unpaired) electrons. The third-order valence-corrected chi connectivity index (χ3v) is 38.9. The zero-order valence-electron chi connectivity index (χ0n) is 70.3. The van der Waals surface area contributed by atoms with Crippen molar-refractivity contribution in [2.75, 3.05) is 46.2 Å². The number of aliphatic hydroxyl groups is 20. The molecule has 22 aliphatic heterocycles. The smallest absolute Gasteiger partial charge is 0.187 e. The Kier molecular flexibility index (Phi) is 11.7. The van der Waals surface area contributed by atoms with E-state index in [4.69, 9.17) is 66.3 Å². The zero-order valence-corrected chi connectivity index (χ0v) is 70.3. The first-order chi connectivity index (χ1) is 66.7. The van der Waals surface area contributed by atoms with Crippen LogP contribution in [0.5, 0.6) is 0 Å². The summed E-state index contributed by atoms with van der Waals surface area (Å²) in [4.78, 5) is 2.57. The summed E-state index contributed by atoms with van der Waals surface area (Å²) in [6, 6.07) is 0.